The lowest BCUT2D eigenvalue weighted by molar-refractivity contribution is 0.503. The smallest absolute Gasteiger partial charge is 0.0704 e. The summed E-state index contributed by atoms with van der Waals surface area (Å²) in [5.74, 6) is 0. The molecule has 1 saturated heterocycles. The standard InChI is InChI=1S/C12H14ClN3/c1-8-12-10(13)3-2-4-11(12)16(15-8)9-5-6-14-7-9/h2-4,9,14H,5-7H2,1H3. The molecule has 1 aromatic heterocycles. The molecule has 2 aromatic rings. The molecule has 0 radical (unpaired) electrons. The molecule has 1 aromatic carbocycles. The van der Waals surface area contributed by atoms with Gasteiger partial charge >= 0.3 is 0 Å². The minimum Gasteiger partial charge on any atom is -0.315 e. The van der Waals surface area contributed by atoms with Gasteiger partial charge in [-0.25, -0.2) is 0 Å². The minimum atomic E-state index is 0.467. The van der Waals surface area contributed by atoms with Crippen LogP contribution in [0.2, 0.25) is 5.02 Å². The van der Waals surface area contributed by atoms with Crippen molar-refractivity contribution in [2.75, 3.05) is 13.1 Å². The van der Waals surface area contributed by atoms with Crippen LogP contribution in [0.15, 0.2) is 18.2 Å². The molecule has 1 atom stereocenters. The molecule has 2 heterocycles. The Kier molecular flexibility index (Phi) is 2.37. The zero-order valence-electron chi connectivity index (χ0n) is 9.20. The molecule has 0 aliphatic carbocycles. The highest BCUT2D eigenvalue weighted by atomic mass is 35.5. The monoisotopic (exact) mass is 235 g/mol. The SMILES string of the molecule is Cc1nn(C2CCNC2)c2cccc(Cl)c12. The summed E-state index contributed by atoms with van der Waals surface area (Å²) in [5.41, 5.74) is 2.17. The van der Waals surface area contributed by atoms with E-state index in [0.717, 1.165) is 41.1 Å². The molecule has 1 fully saturated rings. The first kappa shape index (κ1) is 10.1. The number of fused-ring (bicyclic) bond motifs is 1. The van der Waals surface area contributed by atoms with Crippen LogP contribution in [0.3, 0.4) is 0 Å². The summed E-state index contributed by atoms with van der Waals surface area (Å²) in [4.78, 5) is 0. The van der Waals surface area contributed by atoms with Gasteiger partial charge in [-0.15, -0.1) is 0 Å². The molecule has 0 amide bonds. The van der Waals surface area contributed by atoms with Crippen LogP contribution in [0.1, 0.15) is 18.2 Å². The molecule has 4 heteroatoms. The zero-order chi connectivity index (χ0) is 11.1. The number of rotatable bonds is 1. The fourth-order valence-corrected chi connectivity index (χ4v) is 2.76. The van der Waals surface area contributed by atoms with Gasteiger partial charge in [0.1, 0.15) is 0 Å². The maximum atomic E-state index is 6.21. The van der Waals surface area contributed by atoms with E-state index in [-0.39, 0.29) is 0 Å². The highest BCUT2D eigenvalue weighted by molar-refractivity contribution is 6.35. The Labute approximate surface area is 99.4 Å². The zero-order valence-corrected chi connectivity index (χ0v) is 9.96. The number of hydrogen-bond acceptors (Lipinski definition) is 2. The van der Waals surface area contributed by atoms with Crippen LogP contribution in [-0.4, -0.2) is 22.9 Å². The Morgan fingerprint density at radius 3 is 3.12 bits per heavy atom. The Morgan fingerprint density at radius 2 is 2.38 bits per heavy atom. The van der Waals surface area contributed by atoms with E-state index >= 15 is 0 Å². The topological polar surface area (TPSA) is 29.9 Å². The maximum absolute atomic E-state index is 6.21. The molecule has 3 nitrogen and oxygen atoms in total. The maximum Gasteiger partial charge on any atom is 0.0704 e. The number of benzene rings is 1. The molecular weight excluding hydrogens is 222 g/mol. The van der Waals surface area contributed by atoms with Gasteiger partial charge in [0.05, 0.1) is 22.3 Å². The van der Waals surface area contributed by atoms with Crippen LogP contribution in [0.25, 0.3) is 10.9 Å². The van der Waals surface area contributed by atoms with Crippen LogP contribution in [0.4, 0.5) is 0 Å². The molecule has 1 unspecified atom stereocenters. The van der Waals surface area contributed by atoms with Crippen molar-refractivity contribution < 1.29 is 0 Å². The van der Waals surface area contributed by atoms with E-state index in [2.05, 4.69) is 21.2 Å². The minimum absolute atomic E-state index is 0.467. The van der Waals surface area contributed by atoms with Crippen molar-refractivity contribution in [2.45, 2.75) is 19.4 Å². The first-order chi connectivity index (χ1) is 7.77. The van der Waals surface area contributed by atoms with Crippen LogP contribution >= 0.6 is 11.6 Å². The van der Waals surface area contributed by atoms with Gasteiger partial charge in [-0.2, -0.15) is 5.10 Å². The van der Waals surface area contributed by atoms with Crippen molar-refractivity contribution in [3.05, 3.63) is 28.9 Å². The van der Waals surface area contributed by atoms with Crippen LogP contribution in [-0.2, 0) is 0 Å². The first-order valence-electron chi connectivity index (χ1n) is 5.61. The van der Waals surface area contributed by atoms with E-state index < -0.39 is 0 Å². The van der Waals surface area contributed by atoms with Crippen molar-refractivity contribution >= 4 is 22.5 Å². The second kappa shape index (κ2) is 3.75. The van der Waals surface area contributed by atoms with Gasteiger partial charge in [-0.3, -0.25) is 4.68 Å². The second-order valence-corrected chi connectivity index (χ2v) is 4.72. The summed E-state index contributed by atoms with van der Waals surface area (Å²) in [5, 5.41) is 9.88. The fraction of sp³-hybridized carbons (Fsp3) is 0.417. The molecule has 1 aliphatic rings. The van der Waals surface area contributed by atoms with Crippen LogP contribution in [0, 0.1) is 6.92 Å². The summed E-state index contributed by atoms with van der Waals surface area (Å²) in [6.45, 7) is 4.10. The predicted molar refractivity (Wildman–Crippen MR) is 66.0 cm³/mol. The van der Waals surface area contributed by atoms with Gasteiger partial charge in [0.25, 0.3) is 0 Å². The summed E-state index contributed by atoms with van der Waals surface area (Å²) < 4.78 is 2.12. The average molecular weight is 236 g/mol. The summed E-state index contributed by atoms with van der Waals surface area (Å²) >= 11 is 6.21. The molecule has 3 rings (SSSR count). The van der Waals surface area contributed by atoms with Crippen molar-refractivity contribution in [2.24, 2.45) is 0 Å². The Bertz CT molecular complexity index is 526. The quantitative estimate of drug-likeness (QED) is 0.823. The molecule has 0 bridgehead atoms. The van der Waals surface area contributed by atoms with E-state index in [1.165, 1.54) is 0 Å². The van der Waals surface area contributed by atoms with Crippen molar-refractivity contribution in [1.29, 1.82) is 0 Å². The highest BCUT2D eigenvalue weighted by Gasteiger charge is 2.20. The molecule has 16 heavy (non-hydrogen) atoms. The predicted octanol–water partition coefficient (Wildman–Crippen LogP) is 2.53. The number of aromatic nitrogens is 2. The Morgan fingerprint density at radius 1 is 1.50 bits per heavy atom. The first-order valence-corrected chi connectivity index (χ1v) is 5.99. The normalized spacial score (nSPS) is 20.8. The molecule has 0 saturated carbocycles. The molecule has 1 N–H and O–H groups in total. The third kappa shape index (κ3) is 1.43. The Balaban J connectivity index is 2.22. The average Bonchev–Trinajstić information content (AvgIpc) is 2.86. The van der Waals surface area contributed by atoms with E-state index in [0.29, 0.717) is 6.04 Å². The van der Waals surface area contributed by atoms with Gasteiger partial charge in [0.15, 0.2) is 0 Å². The number of nitrogens with one attached hydrogen (secondary N) is 1. The number of halogens is 1. The third-order valence-corrected chi connectivity index (χ3v) is 3.55. The van der Waals surface area contributed by atoms with Gasteiger partial charge in [-0.1, -0.05) is 17.7 Å². The molecular formula is C12H14ClN3. The number of hydrogen-bond donors (Lipinski definition) is 1. The lowest BCUT2D eigenvalue weighted by atomic mass is 10.2. The molecule has 0 spiro atoms. The van der Waals surface area contributed by atoms with E-state index in [1.807, 2.05) is 19.1 Å². The lowest BCUT2D eigenvalue weighted by Crippen LogP contribution is -2.14. The van der Waals surface area contributed by atoms with Crippen molar-refractivity contribution in [1.82, 2.24) is 15.1 Å². The van der Waals surface area contributed by atoms with Gasteiger partial charge in [0, 0.05) is 11.9 Å². The van der Waals surface area contributed by atoms with Gasteiger partial charge in [0.2, 0.25) is 0 Å². The largest absolute Gasteiger partial charge is 0.315 e. The van der Waals surface area contributed by atoms with Gasteiger partial charge in [-0.05, 0) is 32.0 Å². The van der Waals surface area contributed by atoms with Crippen molar-refractivity contribution in [3.63, 3.8) is 0 Å². The summed E-state index contributed by atoms with van der Waals surface area (Å²) in [6, 6.07) is 6.48. The highest BCUT2D eigenvalue weighted by Crippen LogP contribution is 2.29. The molecule has 1 aliphatic heterocycles. The third-order valence-electron chi connectivity index (χ3n) is 3.24. The van der Waals surface area contributed by atoms with Crippen LogP contribution in [0.5, 0.6) is 0 Å². The van der Waals surface area contributed by atoms with Crippen LogP contribution < -0.4 is 5.32 Å². The van der Waals surface area contributed by atoms with E-state index in [1.54, 1.807) is 0 Å². The van der Waals surface area contributed by atoms with E-state index in [4.69, 9.17) is 11.6 Å². The van der Waals surface area contributed by atoms with E-state index in [9.17, 15) is 0 Å². The number of aryl methyl sites for hydroxylation is 1. The van der Waals surface area contributed by atoms with Crippen molar-refractivity contribution in [3.8, 4) is 0 Å². The Hall–Kier alpha value is -1.06. The summed E-state index contributed by atoms with van der Waals surface area (Å²) in [7, 11) is 0. The second-order valence-electron chi connectivity index (χ2n) is 4.31. The van der Waals surface area contributed by atoms with Gasteiger partial charge < -0.3 is 5.32 Å². The molecule has 84 valence electrons. The summed E-state index contributed by atoms with van der Waals surface area (Å²) in [6.07, 6.45) is 1.14. The fourth-order valence-electron chi connectivity index (χ4n) is 2.45. The lowest BCUT2D eigenvalue weighted by Gasteiger charge is -2.10. The number of nitrogens with zero attached hydrogens (tertiary/aromatic N) is 2.